The first-order valence-electron chi connectivity index (χ1n) is 10.6. The van der Waals surface area contributed by atoms with Gasteiger partial charge in [-0.2, -0.15) is 0 Å². The van der Waals surface area contributed by atoms with Crippen LogP contribution in [-0.4, -0.2) is 66.9 Å². The Kier molecular flexibility index (Phi) is 7.64. The van der Waals surface area contributed by atoms with Crippen LogP contribution in [-0.2, 0) is 14.4 Å². The molecule has 34 heavy (non-hydrogen) atoms. The van der Waals surface area contributed by atoms with E-state index in [0.717, 1.165) is 5.56 Å². The third kappa shape index (κ3) is 5.08. The Balaban J connectivity index is 2.25. The Labute approximate surface area is 203 Å². The molecule has 1 unspecified atom stereocenters. The number of nitrogens with zero attached hydrogens (tertiary/aromatic N) is 2. The molecule has 1 saturated heterocycles. The van der Waals surface area contributed by atoms with Crippen molar-refractivity contribution < 1.29 is 29.0 Å². The standard InChI is InChI=1S/C25H27ClN2O6/c1-14-11-18(24(33-5)19(26)12-14)22(30)20-21(16-7-6-8-17(13-16)34-15(2)29)28(10-9-27(3)4)25(32)23(20)31/h6-8,11-13,21,30H,9-10H2,1-5H3/b22-20+. The number of aryl methyl sites for hydroxylation is 1. The van der Waals surface area contributed by atoms with Gasteiger partial charge in [0.2, 0.25) is 0 Å². The first-order chi connectivity index (χ1) is 16.0. The lowest BCUT2D eigenvalue weighted by atomic mass is 9.94. The largest absolute Gasteiger partial charge is 0.507 e. The fourth-order valence-electron chi connectivity index (χ4n) is 3.94. The molecule has 1 heterocycles. The topological polar surface area (TPSA) is 96.4 Å². The van der Waals surface area contributed by atoms with Gasteiger partial charge < -0.3 is 24.4 Å². The van der Waals surface area contributed by atoms with Crippen LogP contribution in [0.1, 0.15) is 29.7 Å². The number of methoxy groups -OCH3 is 1. The second-order valence-corrected chi connectivity index (χ2v) is 8.70. The van der Waals surface area contributed by atoms with Gasteiger partial charge in [-0.15, -0.1) is 0 Å². The van der Waals surface area contributed by atoms with Gasteiger partial charge in [0.1, 0.15) is 17.3 Å². The van der Waals surface area contributed by atoms with Gasteiger partial charge in [-0.25, -0.2) is 0 Å². The van der Waals surface area contributed by atoms with E-state index in [0.29, 0.717) is 12.1 Å². The van der Waals surface area contributed by atoms with Crippen molar-refractivity contribution in [2.75, 3.05) is 34.3 Å². The first-order valence-corrected chi connectivity index (χ1v) is 11.0. The SMILES string of the molecule is COc1c(Cl)cc(C)cc1/C(O)=C1\C(=O)C(=O)N(CCN(C)C)C1c1cccc(OC(C)=O)c1. The minimum atomic E-state index is -0.903. The third-order valence-corrected chi connectivity index (χ3v) is 5.69. The maximum atomic E-state index is 13.2. The van der Waals surface area contributed by atoms with E-state index in [1.54, 1.807) is 43.3 Å². The molecular formula is C25H27ClN2O6. The summed E-state index contributed by atoms with van der Waals surface area (Å²) in [5.41, 5.74) is 1.36. The zero-order chi connectivity index (χ0) is 25.2. The average molecular weight is 487 g/mol. The number of halogens is 1. The molecule has 180 valence electrons. The summed E-state index contributed by atoms with van der Waals surface area (Å²) < 4.78 is 10.6. The fraction of sp³-hybridized carbons (Fsp3) is 0.320. The molecule has 0 spiro atoms. The molecule has 1 N–H and O–H groups in total. The number of aliphatic hydroxyl groups is 1. The van der Waals surface area contributed by atoms with Crippen molar-refractivity contribution in [1.29, 1.82) is 0 Å². The van der Waals surface area contributed by atoms with Crippen LogP contribution in [0, 0.1) is 6.92 Å². The number of hydrogen-bond acceptors (Lipinski definition) is 7. The Morgan fingerprint density at radius 3 is 2.53 bits per heavy atom. The number of ether oxygens (including phenoxy) is 2. The maximum Gasteiger partial charge on any atom is 0.308 e. The molecule has 8 nitrogen and oxygen atoms in total. The van der Waals surface area contributed by atoms with Gasteiger partial charge >= 0.3 is 5.97 Å². The Hall–Kier alpha value is -3.36. The highest BCUT2D eigenvalue weighted by Crippen LogP contribution is 2.43. The Bertz CT molecular complexity index is 1170. The number of esters is 1. The molecule has 9 heteroatoms. The van der Waals surface area contributed by atoms with Crippen molar-refractivity contribution in [1.82, 2.24) is 9.80 Å². The molecule has 0 saturated carbocycles. The van der Waals surface area contributed by atoms with Gasteiger partial charge in [0, 0.05) is 20.0 Å². The zero-order valence-corrected chi connectivity index (χ0v) is 20.5. The van der Waals surface area contributed by atoms with Crippen LogP contribution in [0.2, 0.25) is 5.02 Å². The number of likely N-dealkylation sites (N-methyl/N-ethyl adjacent to an activating group) is 1. The summed E-state index contributed by atoms with van der Waals surface area (Å²) in [6, 6.07) is 8.95. The van der Waals surface area contributed by atoms with Crippen LogP contribution in [0.5, 0.6) is 11.5 Å². The average Bonchev–Trinajstić information content (AvgIpc) is 3.01. The van der Waals surface area contributed by atoms with Gasteiger partial charge in [-0.1, -0.05) is 23.7 Å². The number of aliphatic hydroxyl groups excluding tert-OH is 1. The molecule has 0 radical (unpaired) electrons. The van der Waals surface area contributed by atoms with Gasteiger partial charge in [0.15, 0.2) is 0 Å². The first kappa shape index (κ1) is 25.3. The second kappa shape index (κ2) is 10.3. The normalized spacial score (nSPS) is 17.4. The molecule has 1 aliphatic heterocycles. The summed E-state index contributed by atoms with van der Waals surface area (Å²) in [6.45, 7) is 3.80. The van der Waals surface area contributed by atoms with Crippen LogP contribution in [0.4, 0.5) is 0 Å². The summed E-state index contributed by atoms with van der Waals surface area (Å²) in [6.07, 6.45) is 0. The predicted octanol–water partition coefficient (Wildman–Crippen LogP) is 3.57. The number of likely N-dealkylation sites (tertiary alicyclic amines) is 1. The molecule has 2 aromatic rings. The summed E-state index contributed by atoms with van der Waals surface area (Å²) in [5, 5.41) is 11.6. The highest BCUT2D eigenvalue weighted by molar-refractivity contribution is 6.46. The highest BCUT2D eigenvalue weighted by atomic mass is 35.5. The number of Topliss-reactive ketones (excluding diaryl/α,β-unsaturated/α-hetero) is 1. The smallest absolute Gasteiger partial charge is 0.308 e. The molecule has 2 aromatic carbocycles. The van der Waals surface area contributed by atoms with E-state index in [4.69, 9.17) is 21.1 Å². The number of benzene rings is 2. The van der Waals surface area contributed by atoms with Crippen molar-refractivity contribution in [3.8, 4) is 11.5 Å². The fourth-order valence-corrected chi connectivity index (χ4v) is 4.29. The van der Waals surface area contributed by atoms with Crippen molar-refractivity contribution in [3.05, 3.63) is 63.7 Å². The number of ketones is 1. The Morgan fingerprint density at radius 1 is 1.21 bits per heavy atom. The Morgan fingerprint density at radius 2 is 1.91 bits per heavy atom. The molecule has 1 amide bonds. The van der Waals surface area contributed by atoms with Crippen LogP contribution < -0.4 is 9.47 Å². The van der Waals surface area contributed by atoms with Gasteiger partial charge in [0.25, 0.3) is 11.7 Å². The molecule has 1 fully saturated rings. The summed E-state index contributed by atoms with van der Waals surface area (Å²) in [7, 11) is 5.11. The van der Waals surface area contributed by atoms with E-state index in [2.05, 4.69) is 0 Å². The number of amides is 1. The van der Waals surface area contributed by atoms with Crippen molar-refractivity contribution in [3.63, 3.8) is 0 Å². The molecule has 1 aliphatic rings. The zero-order valence-electron chi connectivity index (χ0n) is 19.7. The molecule has 0 aromatic heterocycles. The minimum absolute atomic E-state index is 0.0938. The lowest BCUT2D eigenvalue weighted by Crippen LogP contribution is -2.35. The lowest BCUT2D eigenvalue weighted by molar-refractivity contribution is -0.140. The second-order valence-electron chi connectivity index (χ2n) is 8.29. The monoisotopic (exact) mass is 486 g/mol. The number of hydrogen-bond donors (Lipinski definition) is 1. The van der Waals surface area contributed by atoms with Crippen LogP contribution in [0.3, 0.4) is 0 Å². The number of rotatable bonds is 7. The lowest BCUT2D eigenvalue weighted by Gasteiger charge is -2.27. The van der Waals surface area contributed by atoms with Crippen molar-refractivity contribution in [2.45, 2.75) is 19.9 Å². The quantitative estimate of drug-likeness (QED) is 0.210. The minimum Gasteiger partial charge on any atom is -0.507 e. The maximum absolute atomic E-state index is 13.2. The molecule has 3 rings (SSSR count). The van der Waals surface area contributed by atoms with Crippen molar-refractivity contribution >= 4 is 35.0 Å². The molecule has 0 bridgehead atoms. The molecule has 0 aliphatic carbocycles. The number of carbonyl (C=O) groups is 3. The van der Waals surface area contributed by atoms with E-state index in [1.807, 2.05) is 19.0 Å². The molecular weight excluding hydrogens is 460 g/mol. The van der Waals surface area contributed by atoms with E-state index >= 15 is 0 Å². The van der Waals surface area contributed by atoms with E-state index in [-0.39, 0.29) is 34.2 Å². The summed E-state index contributed by atoms with van der Waals surface area (Å²) in [4.78, 5) is 41.0. The molecule has 1 atom stereocenters. The summed E-state index contributed by atoms with van der Waals surface area (Å²) >= 11 is 6.31. The van der Waals surface area contributed by atoms with E-state index in [9.17, 15) is 19.5 Å². The van der Waals surface area contributed by atoms with Crippen LogP contribution >= 0.6 is 11.6 Å². The van der Waals surface area contributed by atoms with Crippen LogP contribution in [0.25, 0.3) is 5.76 Å². The van der Waals surface area contributed by atoms with E-state index in [1.165, 1.54) is 18.9 Å². The van der Waals surface area contributed by atoms with Crippen LogP contribution in [0.15, 0.2) is 42.0 Å². The van der Waals surface area contributed by atoms with Gasteiger partial charge in [-0.05, 0) is 56.4 Å². The predicted molar refractivity (Wildman–Crippen MR) is 128 cm³/mol. The highest BCUT2D eigenvalue weighted by Gasteiger charge is 2.46. The van der Waals surface area contributed by atoms with Crippen molar-refractivity contribution in [2.24, 2.45) is 0 Å². The number of carbonyl (C=O) groups excluding carboxylic acids is 3. The van der Waals surface area contributed by atoms with E-state index < -0.39 is 29.5 Å². The summed E-state index contributed by atoms with van der Waals surface area (Å²) in [5.74, 6) is -1.99. The third-order valence-electron chi connectivity index (χ3n) is 5.41. The van der Waals surface area contributed by atoms with Gasteiger partial charge in [-0.3, -0.25) is 14.4 Å². The van der Waals surface area contributed by atoms with Gasteiger partial charge in [0.05, 0.1) is 29.3 Å².